The van der Waals surface area contributed by atoms with Gasteiger partial charge < -0.3 is 15.4 Å². The van der Waals surface area contributed by atoms with Crippen molar-refractivity contribution in [1.82, 2.24) is 4.98 Å². The first-order valence-corrected chi connectivity index (χ1v) is 7.86. The summed E-state index contributed by atoms with van der Waals surface area (Å²) in [5.41, 5.74) is 2.90. The average molecular weight is 344 g/mol. The van der Waals surface area contributed by atoms with Gasteiger partial charge in [-0.25, -0.2) is 0 Å². The molecule has 3 rings (SSSR count). The molecule has 0 aliphatic heterocycles. The van der Waals surface area contributed by atoms with Gasteiger partial charge >= 0.3 is 0 Å². The normalized spacial score (nSPS) is 9.85. The monoisotopic (exact) mass is 344 g/mol. The molecule has 0 saturated carbocycles. The van der Waals surface area contributed by atoms with E-state index in [-0.39, 0.29) is 11.6 Å². The van der Waals surface area contributed by atoms with Crippen LogP contribution in [0.15, 0.2) is 66.9 Å². The average Bonchev–Trinajstić information content (AvgIpc) is 2.69. The highest BCUT2D eigenvalue weighted by atomic mass is 16.5. The molecule has 128 valence electrons. The molecule has 6 nitrogen and oxygen atoms in total. The van der Waals surface area contributed by atoms with Gasteiger partial charge in [0.25, 0.3) is 5.91 Å². The Balaban J connectivity index is 1.73. The van der Waals surface area contributed by atoms with Gasteiger partial charge in [-0.1, -0.05) is 6.07 Å². The van der Waals surface area contributed by atoms with Crippen LogP contribution in [0.3, 0.4) is 0 Å². The summed E-state index contributed by atoms with van der Waals surface area (Å²) in [5, 5.41) is 14.9. The van der Waals surface area contributed by atoms with E-state index in [1.54, 1.807) is 49.7 Å². The molecule has 0 aliphatic rings. The molecule has 0 fully saturated rings. The van der Waals surface area contributed by atoms with Gasteiger partial charge in [-0.15, -0.1) is 0 Å². The number of pyridine rings is 1. The summed E-state index contributed by atoms with van der Waals surface area (Å²) >= 11 is 0. The van der Waals surface area contributed by atoms with Crippen LogP contribution in [-0.2, 0) is 0 Å². The fourth-order valence-electron chi connectivity index (χ4n) is 2.34. The lowest BCUT2D eigenvalue weighted by atomic mass is 10.2. The van der Waals surface area contributed by atoms with Crippen molar-refractivity contribution in [3.8, 4) is 11.8 Å². The Morgan fingerprint density at radius 2 is 1.85 bits per heavy atom. The number of carbonyl (C=O) groups excluding carboxylic acids is 1. The highest BCUT2D eigenvalue weighted by Crippen LogP contribution is 2.20. The summed E-state index contributed by atoms with van der Waals surface area (Å²) in [6.45, 7) is 0. The number of nitrogens with one attached hydrogen (secondary N) is 2. The lowest BCUT2D eigenvalue weighted by Crippen LogP contribution is -2.13. The van der Waals surface area contributed by atoms with Crippen molar-refractivity contribution in [2.45, 2.75) is 0 Å². The van der Waals surface area contributed by atoms with E-state index in [4.69, 9.17) is 10.00 Å². The van der Waals surface area contributed by atoms with Crippen molar-refractivity contribution < 1.29 is 9.53 Å². The van der Waals surface area contributed by atoms with Gasteiger partial charge in [0.2, 0.25) is 0 Å². The third kappa shape index (κ3) is 4.16. The van der Waals surface area contributed by atoms with Gasteiger partial charge in [0.1, 0.15) is 11.4 Å². The van der Waals surface area contributed by atoms with E-state index >= 15 is 0 Å². The molecule has 6 heteroatoms. The molecule has 0 saturated heterocycles. The van der Waals surface area contributed by atoms with E-state index in [2.05, 4.69) is 15.6 Å². The molecule has 3 aromatic rings. The number of methoxy groups -OCH3 is 1. The van der Waals surface area contributed by atoms with Crippen LogP contribution in [0, 0.1) is 11.3 Å². The Hall–Kier alpha value is -3.85. The summed E-state index contributed by atoms with van der Waals surface area (Å²) in [7, 11) is 1.61. The van der Waals surface area contributed by atoms with Crippen LogP contribution in [0.4, 0.5) is 17.1 Å². The Morgan fingerprint density at radius 1 is 1.04 bits per heavy atom. The maximum Gasteiger partial charge on any atom is 0.274 e. The van der Waals surface area contributed by atoms with Crippen molar-refractivity contribution in [2.75, 3.05) is 17.7 Å². The van der Waals surface area contributed by atoms with Gasteiger partial charge in [0.05, 0.1) is 18.7 Å². The molecule has 0 bridgehead atoms. The molecule has 26 heavy (non-hydrogen) atoms. The zero-order chi connectivity index (χ0) is 18.4. The topological polar surface area (TPSA) is 87.0 Å². The van der Waals surface area contributed by atoms with E-state index in [9.17, 15) is 4.79 Å². The number of nitriles is 1. The Kier molecular flexibility index (Phi) is 5.11. The van der Waals surface area contributed by atoms with Crippen LogP contribution < -0.4 is 15.4 Å². The summed E-state index contributed by atoms with van der Waals surface area (Å²) in [5.74, 6) is 0.420. The summed E-state index contributed by atoms with van der Waals surface area (Å²) in [4.78, 5) is 16.5. The minimum absolute atomic E-state index is 0.269. The van der Waals surface area contributed by atoms with Crippen LogP contribution in [0.2, 0.25) is 0 Å². The van der Waals surface area contributed by atoms with Gasteiger partial charge in [-0.3, -0.25) is 9.78 Å². The maximum atomic E-state index is 12.4. The smallest absolute Gasteiger partial charge is 0.274 e. The number of amides is 1. The van der Waals surface area contributed by atoms with Crippen LogP contribution in [0.5, 0.6) is 5.75 Å². The number of rotatable bonds is 5. The van der Waals surface area contributed by atoms with E-state index in [1.165, 1.54) is 0 Å². The third-order valence-electron chi connectivity index (χ3n) is 3.62. The number of aromatic nitrogens is 1. The van der Waals surface area contributed by atoms with E-state index < -0.39 is 0 Å². The highest BCUT2D eigenvalue weighted by Gasteiger charge is 2.09. The highest BCUT2D eigenvalue weighted by molar-refractivity contribution is 6.03. The summed E-state index contributed by atoms with van der Waals surface area (Å²) in [6.07, 6.45) is 1.56. The lowest BCUT2D eigenvalue weighted by molar-refractivity contribution is 0.102. The predicted octanol–water partition coefficient (Wildman–Crippen LogP) is 3.96. The fourth-order valence-corrected chi connectivity index (χ4v) is 2.34. The number of ether oxygens (including phenoxy) is 1. The zero-order valence-corrected chi connectivity index (χ0v) is 14.1. The number of nitrogens with zero attached hydrogens (tertiary/aromatic N) is 2. The largest absolute Gasteiger partial charge is 0.497 e. The van der Waals surface area contributed by atoms with Gasteiger partial charge in [0, 0.05) is 23.3 Å². The molecule has 0 unspecified atom stereocenters. The van der Waals surface area contributed by atoms with Gasteiger partial charge in [0.15, 0.2) is 0 Å². The van der Waals surface area contributed by atoms with Crippen LogP contribution in [0.25, 0.3) is 0 Å². The molecule has 1 aromatic heterocycles. The van der Waals surface area contributed by atoms with Gasteiger partial charge in [-0.2, -0.15) is 5.26 Å². The van der Waals surface area contributed by atoms with E-state index in [0.717, 1.165) is 17.1 Å². The molecular weight excluding hydrogens is 328 g/mol. The number of benzene rings is 2. The van der Waals surface area contributed by atoms with Crippen molar-refractivity contribution in [2.24, 2.45) is 0 Å². The maximum absolute atomic E-state index is 12.4. The SMILES string of the molecule is COc1ccc(Nc2ccnc(C(=O)Nc3cccc(C#N)c3)c2)cc1. The first kappa shape index (κ1) is 17.0. The van der Waals surface area contributed by atoms with E-state index in [1.807, 2.05) is 30.3 Å². The lowest BCUT2D eigenvalue weighted by Gasteiger charge is -2.09. The minimum atomic E-state index is -0.349. The predicted molar refractivity (Wildman–Crippen MR) is 99.6 cm³/mol. The Morgan fingerprint density at radius 3 is 2.58 bits per heavy atom. The molecule has 0 spiro atoms. The molecule has 2 N–H and O–H groups in total. The third-order valence-corrected chi connectivity index (χ3v) is 3.62. The number of hydrogen-bond donors (Lipinski definition) is 2. The number of hydrogen-bond acceptors (Lipinski definition) is 5. The first-order chi connectivity index (χ1) is 12.7. The zero-order valence-electron chi connectivity index (χ0n) is 14.1. The van der Waals surface area contributed by atoms with Crippen molar-refractivity contribution in [1.29, 1.82) is 5.26 Å². The standard InChI is InChI=1S/C20H16N4O2/c1-26-18-7-5-15(6-8-18)23-17-9-10-22-19(12-17)20(25)24-16-4-2-3-14(11-16)13-21/h2-12H,1H3,(H,22,23)(H,24,25). The van der Waals surface area contributed by atoms with E-state index in [0.29, 0.717) is 11.3 Å². The molecule has 0 aliphatic carbocycles. The van der Waals surface area contributed by atoms with Crippen molar-refractivity contribution in [3.05, 3.63) is 78.1 Å². The minimum Gasteiger partial charge on any atom is -0.497 e. The Bertz CT molecular complexity index is 962. The van der Waals surface area contributed by atoms with Crippen molar-refractivity contribution in [3.63, 3.8) is 0 Å². The second-order valence-corrected chi connectivity index (χ2v) is 5.43. The van der Waals surface area contributed by atoms with Crippen LogP contribution in [0.1, 0.15) is 16.1 Å². The molecule has 1 heterocycles. The quantitative estimate of drug-likeness (QED) is 0.731. The van der Waals surface area contributed by atoms with Crippen LogP contribution in [-0.4, -0.2) is 18.0 Å². The molecular formula is C20H16N4O2. The number of anilines is 3. The molecule has 1 amide bonds. The molecule has 2 aromatic carbocycles. The molecule has 0 atom stereocenters. The summed E-state index contributed by atoms with van der Waals surface area (Å²) in [6, 6.07) is 19.6. The molecule has 0 radical (unpaired) electrons. The van der Waals surface area contributed by atoms with Gasteiger partial charge in [-0.05, 0) is 54.6 Å². The van der Waals surface area contributed by atoms with Crippen molar-refractivity contribution >= 4 is 23.0 Å². The second-order valence-electron chi connectivity index (χ2n) is 5.43. The second kappa shape index (κ2) is 7.81. The fraction of sp³-hybridized carbons (Fsp3) is 0.0500. The summed E-state index contributed by atoms with van der Waals surface area (Å²) < 4.78 is 5.13. The number of carbonyl (C=O) groups is 1. The van der Waals surface area contributed by atoms with Crippen LogP contribution >= 0.6 is 0 Å². The first-order valence-electron chi connectivity index (χ1n) is 7.86. The Labute approximate surface area is 151 Å².